The molecule has 0 fully saturated rings. The predicted octanol–water partition coefficient (Wildman–Crippen LogP) is 6.40. The van der Waals surface area contributed by atoms with E-state index in [1.165, 1.54) is 11.8 Å². The van der Waals surface area contributed by atoms with Gasteiger partial charge in [-0.1, -0.05) is 39.7 Å². The van der Waals surface area contributed by atoms with Crippen molar-refractivity contribution in [2.24, 2.45) is 0 Å². The van der Waals surface area contributed by atoms with Crippen LogP contribution >= 0.6 is 39.3 Å². The van der Waals surface area contributed by atoms with E-state index in [0.717, 1.165) is 20.6 Å². The monoisotopic (exact) mass is 502 g/mol. The van der Waals surface area contributed by atoms with Crippen molar-refractivity contribution in [3.8, 4) is 0 Å². The minimum atomic E-state index is -0.265. The van der Waals surface area contributed by atoms with Crippen LogP contribution < -0.4 is 10.6 Å². The summed E-state index contributed by atoms with van der Waals surface area (Å²) in [4.78, 5) is 25.6. The van der Waals surface area contributed by atoms with Crippen LogP contribution in [0, 0.1) is 0 Å². The van der Waals surface area contributed by atoms with Gasteiger partial charge in [-0.05, 0) is 73.2 Å². The molecule has 0 aliphatic rings. The molecule has 0 spiro atoms. The van der Waals surface area contributed by atoms with Gasteiger partial charge in [0, 0.05) is 25.8 Å². The summed E-state index contributed by atoms with van der Waals surface area (Å²) in [6, 6.07) is 22.1. The number of benzene rings is 3. The normalized spacial score (nSPS) is 11.6. The van der Waals surface area contributed by atoms with Gasteiger partial charge in [0.15, 0.2) is 0 Å². The maximum Gasteiger partial charge on any atom is 0.237 e. The molecule has 2 N–H and O–H groups in total. The fraction of sp³-hybridized carbons (Fsp3) is 0.130. The lowest BCUT2D eigenvalue weighted by molar-refractivity contribution is -0.116. The van der Waals surface area contributed by atoms with E-state index < -0.39 is 0 Å². The van der Waals surface area contributed by atoms with Gasteiger partial charge in [-0.15, -0.1) is 11.8 Å². The van der Waals surface area contributed by atoms with Gasteiger partial charge >= 0.3 is 0 Å². The number of hydrogen-bond donors (Lipinski definition) is 2. The van der Waals surface area contributed by atoms with Crippen molar-refractivity contribution >= 4 is 62.5 Å². The number of amides is 2. The molecule has 3 aromatic carbocycles. The number of carbonyl (C=O) groups excluding carboxylic acids is 2. The van der Waals surface area contributed by atoms with Crippen molar-refractivity contribution in [2.75, 3.05) is 10.6 Å². The maximum atomic E-state index is 12.4. The first kappa shape index (κ1) is 22.4. The van der Waals surface area contributed by atoms with Crippen LogP contribution in [0.3, 0.4) is 0 Å². The van der Waals surface area contributed by atoms with E-state index in [2.05, 4.69) is 26.6 Å². The van der Waals surface area contributed by atoms with Gasteiger partial charge in [-0.25, -0.2) is 0 Å². The van der Waals surface area contributed by atoms with Crippen LogP contribution in [0.25, 0.3) is 0 Å². The molecule has 0 heterocycles. The molecule has 30 heavy (non-hydrogen) atoms. The number of nitrogens with one attached hydrogen (secondary N) is 2. The number of halogens is 2. The van der Waals surface area contributed by atoms with Gasteiger partial charge in [-0.3, -0.25) is 9.59 Å². The zero-order valence-electron chi connectivity index (χ0n) is 16.2. The highest BCUT2D eigenvalue weighted by Crippen LogP contribution is 2.26. The van der Waals surface area contributed by atoms with Crippen LogP contribution in [-0.2, 0) is 16.0 Å². The lowest BCUT2D eigenvalue weighted by atomic mass is 10.1. The van der Waals surface area contributed by atoms with E-state index in [4.69, 9.17) is 11.6 Å². The maximum absolute atomic E-state index is 12.4. The SMILES string of the molecule is CC(Sc1ccc(NC(=O)Cc2ccc(Cl)cc2)cc1)C(=O)Nc1ccc(Br)cc1. The first-order valence-electron chi connectivity index (χ1n) is 9.26. The minimum absolute atomic E-state index is 0.0670. The fourth-order valence-corrected chi connectivity index (χ4v) is 3.90. The zero-order valence-corrected chi connectivity index (χ0v) is 19.4. The molecule has 154 valence electrons. The molecule has 0 bridgehead atoms. The number of anilines is 2. The summed E-state index contributed by atoms with van der Waals surface area (Å²) in [5.74, 6) is -0.164. The van der Waals surface area contributed by atoms with Crippen molar-refractivity contribution in [1.29, 1.82) is 0 Å². The van der Waals surface area contributed by atoms with E-state index >= 15 is 0 Å². The van der Waals surface area contributed by atoms with Crippen molar-refractivity contribution < 1.29 is 9.59 Å². The van der Waals surface area contributed by atoms with Crippen LogP contribution in [0.2, 0.25) is 5.02 Å². The highest BCUT2D eigenvalue weighted by Gasteiger charge is 2.15. The third kappa shape index (κ3) is 6.90. The summed E-state index contributed by atoms with van der Waals surface area (Å²) < 4.78 is 0.961. The first-order valence-corrected chi connectivity index (χ1v) is 11.3. The summed E-state index contributed by atoms with van der Waals surface area (Å²) in [5, 5.41) is 6.17. The van der Waals surface area contributed by atoms with Gasteiger partial charge < -0.3 is 10.6 Å². The number of thioether (sulfide) groups is 1. The Bertz CT molecular complexity index is 1010. The van der Waals surface area contributed by atoms with Crippen molar-refractivity contribution in [1.82, 2.24) is 0 Å². The average Bonchev–Trinajstić information content (AvgIpc) is 2.73. The van der Waals surface area contributed by atoms with Crippen molar-refractivity contribution in [3.05, 3.63) is 87.9 Å². The van der Waals surface area contributed by atoms with Gasteiger partial charge in [0.2, 0.25) is 11.8 Å². The Kier molecular flexibility index (Phi) is 7.96. The smallest absolute Gasteiger partial charge is 0.237 e. The Hall–Kier alpha value is -2.28. The van der Waals surface area contributed by atoms with Crippen molar-refractivity contribution in [2.45, 2.75) is 23.5 Å². The molecular formula is C23H20BrClN2O2S. The largest absolute Gasteiger partial charge is 0.326 e. The third-order valence-corrected chi connectivity index (χ3v) is 6.10. The predicted molar refractivity (Wildman–Crippen MR) is 128 cm³/mol. The highest BCUT2D eigenvalue weighted by molar-refractivity contribution is 9.10. The summed E-state index contributed by atoms with van der Waals surface area (Å²) in [6.07, 6.45) is 0.279. The second kappa shape index (κ2) is 10.7. The van der Waals surface area contributed by atoms with Crippen molar-refractivity contribution in [3.63, 3.8) is 0 Å². The molecule has 0 saturated heterocycles. The fourth-order valence-electron chi connectivity index (χ4n) is 2.64. The molecule has 0 saturated carbocycles. The van der Waals surface area contributed by atoms with E-state index in [0.29, 0.717) is 10.7 Å². The molecule has 4 nitrogen and oxygen atoms in total. The average molecular weight is 504 g/mol. The van der Waals surface area contributed by atoms with E-state index in [1.54, 1.807) is 12.1 Å². The number of rotatable bonds is 7. The molecule has 7 heteroatoms. The summed E-state index contributed by atoms with van der Waals surface area (Å²) in [7, 11) is 0. The number of hydrogen-bond acceptors (Lipinski definition) is 3. The Morgan fingerprint density at radius 1 is 0.900 bits per heavy atom. The first-order chi connectivity index (χ1) is 14.4. The molecule has 0 aliphatic carbocycles. The van der Waals surface area contributed by atoms with Crippen LogP contribution in [0.5, 0.6) is 0 Å². The van der Waals surface area contributed by atoms with Gasteiger partial charge in [0.1, 0.15) is 0 Å². The molecule has 0 radical (unpaired) electrons. The lowest BCUT2D eigenvalue weighted by Crippen LogP contribution is -2.22. The molecule has 3 aromatic rings. The second-order valence-corrected chi connectivity index (χ2v) is 9.40. The zero-order chi connectivity index (χ0) is 21.5. The Morgan fingerprint density at radius 3 is 2.10 bits per heavy atom. The minimum Gasteiger partial charge on any atom is -0.326 e. The standard InChI is InChI=1S/C23H20BrClN2O2S/c1-15(23(29)27-20-8-4-17(24)5-9-20)30-21-12-10-19(11-13-21)26-22(28)14-16-2-6-18(25)7-3-16/h2-13,15H,14H2,1H3,(H,26,28)(H,27,29). The molecular weight excluding hydrogens is 484 g/mol. The molecule has 1 atom stereocenters. The highest BCUT2D eigenvalue weighted by atomic mass is 79.9. The molecule has 2 amide bonds. The summed E-state index contributed by atoms with van der Waals surface area (Å²) in [6.45, 7) is 1.86. The van der Waals surface area contributed by atoms with E-state index in [9.17, 15) is 9.59 Å². The van der Waals surface area contributed by atoms with Gasteiger partial charge in [0.25, 0.3) is 0 Å². The van der Waals surface area contributed by atoms with Crippen LogP contribution in [0.15, 0.2) is 82.2 Å². The lowest BCUT2D eigenvalue weighted by Gasteiger charge is -2.13. The molecule has 1 unspecified atom stereocenters. The van der Waals surface area contributed by atoms with E-state index in [-0.39, 0.29) is 23.5 Å². The van der Waals surface area contributed by atoms with Crippen LogP contribution in [-0.4, -0.2) is 17.1 Å². The molecule has 0 aliphatic heterocycles. The van der Waals surface area contributed by atoms with E-state index in [1.807, 2.05) is 67.6 Å². The van der Waals surface area contributed by atoms with Crippen LogP contribution in [0.1, 0.15) is 12.5 Å². The Labute approximate surface area is 193 Å². The molecule has 3 rings (SSSR count). The Morgan fingerprint density at radius 2 is 1.47 bits per heavy atom. The number of carbonyl (C=O) groups is 2. The Balaban J connectivity index is 1.50. The summed E-state index contributed by atoms with van der Waals surface area (Å²) in [5.41, 5.74) is 2.37. The van der Waals surface area contributed by atoms with Gasteiger partial charge in [-0.2, -0.15) is 0 Å². The molecule has 0 aromatic heterocycles. The second-order valence-electron chi connectivity index (χ2n) is 6.63. The quantitative estimate of drug-likeness (QED) is 0.367. The summed E-state index contributed by atoms with van der Waals surface area (Å²) >= 11 is 10.7. The topological polar surface area (TPSA) is 58.2 Å². The van der Waals surface area contributed by atoms with Crippen LogP contribution in [0.4, 0.5) is 11.4 Å². The van der Waals surface area contributed by atoms with Gasteiger partial charge in [0.05, 0.1) is 11.7 Å². The third-order valence-electron chi connectivity index (χ3n) is 4.21.